The van der Waals surface area contributed by atoms with Crippen LogP contribution in [0.25, 0.3) is 0 Å². The molecule has 4 heteroatoms. The molecule has 1 aromatic rings. The Morgan fingerprint density at radius 3 is 2.78 bits per heavy atom. The van der Waals surface area contributed by atoms with Crippen LogP contribution in [0.2, 0.25) is 0 Å². The fourth-order valence-corrected chi connectivity index (χ4v) is 2.73. The van der Waals surface area contributed by atoms with Crippen molar-refractivity contribution < 1.29 is 0 Å². The maximum absolute atomic E-state index is 5.78. The molecule has 1 aliphatic rings. The van der Waals surface area contributed by atoms with Crippen LogP contribution in [0.3, 0.4) is 0 Å². The van der Waals surface area contributed by atoms with Crippen molar-refractivity contribution in [2.24, 2.45) is 5.73 Å². The van der Waals surface area contributed by atoms with Crippen LogP contribution in [0.1, 0.15) is 18.1 Å². The summed E-state index contributed by atoms with van der Waals surface area (Å²) in [6, 6.07) is 8.75. The number of piperazine rings is 1. The van der Waals surface area contributed by atoms with Crippen LogP contribution in [0.15, 0.2) is 24.3 Å². The molecule has 1 heterocycles. The first-order chi connectivity index (χ1) is 8.58. The van der Waals surface area contributed by atoms with E-state index in [0.717, 1.165) is 31.7 Å². The summed E-state index contributed by atoms with van der Waals surface area (Å²) in [6.45, 7) is 6.56. The van der Waals surface area contributed by atoms with Gasteiger partial charge in [0.25, 0.3) is 0 Å². The maximum atomic E-state index is 5.78. The Hall–Kier alpha value is -0.970. The highest BCUT2D eigenvalue weighted by molar-refractivity contribution is 7.80. The Balaban J connectivity index is 2.12. The SMILES string of the molecule is CC1CN(C)CCN1Cc1ccccc1C(N)=S. The van der Waals surface area contributed by atoms with Gasteiger partial charge >= 0.3 is 0 Å². The summed E-state index contributed by atoms with van der Waals surface area (Å²) < 4.78 is 0. The molecule has 98 valence electrons. The number of hydrogen-bond acceptors (Lipinski definition) is 3. The number of nitrogens with two attached hydrogens (primary N) is 1. The minimum absolute atomic E-state index is 0.493. The Morgan fingerprint density at radius 1 is 1.39 bits per heavy atom. The first-order valence-electron chi connectivity index (χ1n) is 6.38. The van der Waals surface area contributed by atoms with Gasteiger partial charge < -0.3 is 10.6 Å². The van der Waals surface area contributed by atoms with E-state index < -0.39 is 0 Å². The summed E-state index contributed by atoms with van der Waals surface area (Å²) in [5.41, 5.74) is 8.03. The third kappa shape index (κ3) is 3.07. The van der Waals surface area contributed by atoms with Crippen molar-refractivity contribution in [3.8, 4) is 0 Å². The highest BCUT2D eigenvalue weighted by Gasteiger charge is 2.22. The van der Waals surface area contributed by atoms with E-state index in [1.165, 1.54) is 5.56 Å². The molecule has 1 atom stereocenters. The number of thiocarbonyl (C=S) groups is 1. The second-order valence-electron chi connectivity index (χ2n) is 5.10. The Bertz CT molecular complexity index is 433. The van der Waals surface area contributed by atoms with Crippen LogP contribution in [-0.2, 0) is 6.54 Å². The van der Waals surface area contributed by atoms with E-state index in [4.69, 9.17) is 18.0 Å². The standard InChI is InChI=1S/C14H21N3S/c1-11-9-16(2)7-8-17(11)10-12-5-3-4-6-13(12)14(15)18/h3-6,11H,7-10H2,1-2H3,(H2,15,18). The fraction of sp³-hybridized carbons (Fsp3) is 0.500. The minimum atomic E-state index is 0.493. The molecule has 1 unspecified atom stereocenters. The molecule has 0 amide bonds. The van der Waals surface area contributed by atoms with Gasteiger partial charge in [0.2, 0.25) is 0 Å². The van der Waals surface area contributed by atoms with Crippen LogP contribution in [0, 0.1) is 0 Å². The lowest BCUT2D eigenvalue weighted by Gasteiger charge is -2.38. The quantitative estimate of drug-likeness (QED) is 0.837. The lowest BCUT2D eigenvalue weighted by Crippen LogP contribution is -2.49. The molecule has 3 nitrogen and oxygen atoms in total. The smallest absolute Gasteiger partial charge is 0.104 e. The molecule has 2 N–H and O–H groups in total. The predicted molar refractivity (Wildman–Crippen MR) is 79.7 cm³/mol. The lowest BCUT2D eigenvalue weighted by molar-refractivity contribution is 0.0938. The number of rotatable bonds is 3. The largest absolute Gasteiger partial charge is 0.389 e. The van der Waals surface area contributed by atoms with Gasteiger partial charge in [0.05, 0.1) is 0 Å². The molecule has 1 aromatic carbocycles. The second-order valence-corrected chi connectivity index (χ2v) is 5.54. The molecule has 0 radical (unpaired) electrons. The number of benzene rings is 1. The van der Waals surface area contributed by atoms with E-state index in [-0.39, 0.29) is 0 Å². The summed E-state index contributed by atoms with van der Waals surface area (Å²) in [5.74, 6) is 0. The van der Waals surface area contributed by atoms with Gasteiger partial charge in [0.15, 0.2) is 0 Å². The summed E-state index contributed by atoms with van der Waals surface area (Å²) in [6.07, 6.45) is 0. The molecule has 0 spiro atoms. The van der Waals surface area contributed by atoms with Crippen LogP contribution in [-0.4, -0.2) is 47.5 Å². The Labute approximate surface area is 115 Å². The maximum Gasteiger partial charge on any atom is 0.104 e. The van der Waals surface area contributed by atoms with E-state index in [2.05, 4.69) is 35.9 Å². The topological polar surface area (TPSA) is 32.5 Å². The van der Waals surface area contributed by atoms with Crippen molar-refractivity contribution in [2.75, 3.05) is 26.7 Å². The Morgan fingerprint density at radius 2 is 2.11 bits per heavy atom. The van der Waals surface area contributed by atoms with Gasteiger partial charge in [-0.1, -0.05) is 36.5 Å². The predicted octanol–water partition coefficient (Wildman–Crippen LogP) is 1.46. The van der Waals surface area contributed by atoms with Crippen molar-refractivity contribution in [2.45, 2.75) is 19.5 Å². The number of likely N-dealkylation sites (N-methyl/N-ethyl adjacent to an activating group) is 1. The lowest BCUT2D eigenvalue weighted by atomic mass is 10.1. The number of nitrogens with zero attached hydrogens (tertiary/aromatic N) is 2. The molecule has 0 aromatic heterocycles. The van der Waals surface area contributed by atoms with Gasteiger partial charge in [-0.3, -0.25) is 4.90 Å². The zero-order valence-corrected chi connectivity index (χ0v) is 11.9. The van der Waals surface area contributed by atoms with Gasteiger partial charge in [0.1, 0.15) is 4.99 Å². The molecule has 1 saturated heterocycles. The summed E-state index contributed by atoms with van der Waals surface area (Å²) >= 11 is 5.12. The molecule has 0 aliphatic carbocycles. The van der Waals surface area contributed by atoms with Crippen LogP contribution in [0.4, 0.5) is 0 Å². The summed E-state index contributed by atoms with van der Waals surface area (Å²) in [4.78, 5) is 5.37. The van der Waals surface area contributed by atoms with Crippen molar-refractivity contribution in [3.05, 3.63) is 35.4 Å². The normalized spacial score (nSPS) is 22.0. The highest BCUT2D eigenvalue weighted by atomic mass is 32.1. The molecule has 1 fully saturated rings. The van der Waals surface area contributed by atoms with Gasteiger partial charge in [-0.25, -0.2) is 0 Å². The second kappa shape index (κ2) is 5.78. The van der Waals surface area contributed by atoms with Crippen molar-refractivity contribution in [1.29, 1.82) is 0 Å². The molecule has 0 saturated carbocycles. The zero-order chi connectivity index (χ0) is 13.1. The van der Waals surface area contributed by atoms with Crippen molar-refractivity contribution >= 4 is 17.2 Å². The van der Waals surface area contributed by atoms with Gasteiger partial charge in [-0.2, -0.15) is 0 Å². The summed E-state index contributed by atoms with van der Waals surface area (Å²) in [5, 5.41) is 0. The van der Waals surface area contributed by atoms with E-state index in [9.17, 15) is 0 Å². The van der Waals surface area contributed by atoms with Gasteiger partial charge in [-0.05, 0) is 19.5 Å². The van der Waals surface area contributed by atoms with Crippen molar-refractivity contribution in [3.63, 3.8) is 0 Å². The van der Waals surface area contributed by atoms with Crippen LogP contribution < -0.4 is 5.73 Å². The van der Waals surface area contributed by atoms with Gasteiger partial charge in [0, 0.05) is 37.8 Å². The minimum Gasteiger partial charge on any atom is -0.389 e. The first-order valence-corrected chi connectivity index (χ1v) is 6.79. The van der Waals surface area contributed by atoms with Crippen LogP contribution in [0.5, 0.6) is 0 Å². The monoisotopic (exact) mass is 263 g/mol. The molecule has 2 rings (SSSR count). The van der Waals surface area contributed by atoms with E-state index in [1.54, 1.807) is 0 Å². The molecular formula is C14H21N3S. The average molecular weight is 263 g/mol. The third-order valence-electron chi connectivity index (χ3n) is 3.62. The zero-order valence-electron chi connectivity index (χ0n) is 11.1. The highest BCUT2D eigenvalue weighted by Crippen LogP contribution is 2.16. The molecule has 0 bridgehead atoms. The molecule has 1 aliphatic heterocycles. The van der Waals surface area contributed by atoms with Gasteiger partial charge in [-0.15, -0.1) is 0 Å². The third-order valence-corrected chi connectivity index (χ3v) is 3.84. The fourth-order valence-electron chi connectivity index (χ4n) is 2.53. The van der Waals surface area contributed by atoms with E-state index in [1.807, 2.05) is 12.1 Å². The summed E-state index contributed by atoms with van der Waals surface area (Å²) in [7, 11) is 2.18. The van der Waals surface area contributed by atoms with Crippen LogP contribution >= 0.6 is 12.2 Å². The van der Waals surface area contributed by atoms with E-state index in [0.29, 0.717) is 11.0 Å². The number of hydrogen-bond donors (Lipinski definition) is 1. The van der Waals surface area contributed by atoms with E-state index >= 15 is 0 Å². The molecule has 18 heavy (non-hydrogen) atoms. The molecular weight excluding hydrogens is 242 g/mol. The first kappa shape index (κ1) is 13.5. The van der Waals surface area contributed by atoms with Crippen molar-refractivity contribution in [1.82, 2.24) is 9.80 Å². The Kier molecular flexibility index (Phi) is 4.32. The average Bonchev–Trinajstić information content (AvgIpc) is 2.33.